The van der Waals surface area contributed by atoms with Crippen molar-refractivity contribution in [2.45, 2.75) is 52.9 Å². The first-order chi connectivity index (χ1) is 8.45. The van der Waals surface area contributed by atoms with Gasteiger partial charge in [0.25, 0.3) is 0 Å². The van der Waals surface area contributed by atoms with Gasteiger partial charge in [0.15, 0.2) is 11.5 Å². The molecule has 0 amide bonds. The predicted octanol–water partition coefficient (Wildman–Crippen LogP) is 3.88. The number of aromatic hydroxyl groups is 2. The maximum Gasteiger partial charge on any atom is 0.167 e. The molecule has 1 aromatic rings. The molecule has 0 spiro atoms. The summed E-state index contributed by atoms with van der Waals surface area (Å²) in [6, 6.07) is 0. The van der Waals surface area contributed by atoms with E-state index in [2.05, 4.69) is 6.92 Å². The van der Waals surface area contributed by atoms with Crippen LogP contribution in [-0.4, -0.2) is 17.3 Å². The topological polar surface area (TPSA) is 49.7 Å². The smallest absolute Gasteiger partial charge is 0.167 e. The van der Waals surface area contributed by atoms with Crippen LogP contribution in [0.1, 0.15) is 56.2 Å². The Morgan fingerprint density at radius 2 is 1.78 bits per heavy atom. The summed E-state index contributed by atoms with van der Waals surface area (Å²) in [5.41, 5.74) is 2.25. The van der Waals surface area contributed by atoms with Crippen molar-refractivity contribution in [2.24, 2.45) is 0 Å². The Morgan fingerprint density at radius 3 is 2.22 bits per heavy atom. The molecule has 3 heteroatoms. The highest BCUT2D eigenvalue weighted by molar-refractivity contribution is 5.62. The average Bonchev–Trinajstić information content (AvgIpc) is 2.31. The molecule has 1 rings (SSSR count). The van der Waals surface area contributed by atoms with Gasteiger partial charge in [-0.3, -0.25) is 0 Å². The van der Waals surface area contributed by atoms with Crippen LogP contribution >= 0.6 is 0 Å². The monoisotopic (exact) mass is 252 g/mol. The van der Waals surface area contributed by atoms with Crippen molar-refractivity contribution in [3.63, 3.8) is 0 Å². The second-order valence-electron chi connectivity index (χ2n) is 5.01. The molecule has 0 aliphatic rings. The molecular formula is C15H24O3. The van der Waals surface area contributed by atoms with E-state index in [1.54, 1.807) is 0 Å². The van der Waals surface area contributed by atoms with Crippen LogP contribution in [0.15, 0.2) is 0 Å². The summed E-state index contributed by atoms with van der Waals surface area (Å²) in [4.78, 5) is 0. The molecule has 3 nitrogen and oxygen atoms in total. The molecule has 0 saturated heterocycles. The molecule has 0 fully saturated rings. The highest BCUT2D eigenvalue weighted by atomic mass is 16.5. The fourth-order valence-corrected chi connectivity index (χ4v) is 2.40. The molecule has 0 bridgehead atoms. The second kappa shape index (κ2) is 5.98. The highest BCUT2D eigenvalue weighted by Gasteiger charge is 2.23. The zero-order chi connectivity index (χ0) is 13.9. The number of phenols is 2. The van der Waals surface area contributed by atoms with Gasteiger partial charge in [-0.1, -0.05) is 27.2 Å². The summed E-state index contributed by atoms with van der Waals surface area (Å²) >= 11 is 0. The summed E-state index contributed by atoms with van der Waals surface area (Å²) < 4.78 is 5.26. The van der Waals surface area contributed by atoms with Crippen molar-refractivity contribution in [3.8, 4) is 17.2 Å². The van der Waals surface area contributed by atoms with Gasteiger partial charge in [-0.25, -0.2) is 0 Å². The van der Waals surface area contributed by atoms with E-state index in [-0.39, 0.29) is 17.4 Å². The molecule has 102 valence electrons. The van der Waals surface area contributed by atoms with Crippen LogP contribution in [0.3, 0.4) is 0 Å². The second-order valence-corrected chi connectivity index (χ2v) is 5.01. The molecule has 0 saturated carbocycles. The number of unbranched alkanes of at least 4 members (excludes halogenated alkanes) is 1. The number of hydrogen-bond acceptors (Lipinski definition) is 3. The lowest BCUT2D eigenvalue weighted by molar-refractivity contribution is 0.357. The quantitative estimate of drug-likeness (QED) is 0.782. The summed E-state index contributed by atoms with van der Waals surface area (Å²) in [5, 5.41) is 20.6. The molecule has 0 aliphatic carbocycles. The maximum absolute atomic E-state index is 10.4. The van der Waals surface area contributed by atoms with E-state index in [4.69, 9.17) is 4.74 Å². The third-order valence-electron chi connectivity index (χ3n) is 3.35. The third-order valence-corrected chi connectivity index (χ3v) is 3.35. The summed E-state index contributed by atoms with van der Waals surface area (Å²) in [6.45, 7) is 7.94. The Bertz CT molecular complexity index is 422. The number of benzene rings is 1. The molecule has 0 unspecified atom stereocenters. The van der Waals surface area contributed by atoms with Gasteiger partial charge in [-0.15, -0.1) is 0 Å². The fourth-order valence-electron chi connectivity index (χ4n) is 2.40. The molecule has 0 heterocycles. The molecule has 1 aromatic carbocycles. The molecule has 0 aliphatic heterocycles. The first kappa shape index (κ1) is 14.7. The van der Waals surface area contributed by atoms with Gasteiger partial charge in [0, 0.05) is 16.7 Å². The van der Waals surface area contributed by atoms with E-state index in [1.165, 1.54) is 7.11 Å². The predicted molar refractivity (Wildman–Crippen MR) is 73.8 cm³/mol. The van der Waals surface area contributed by atoms with Gasteiger partial charge in [0.2, 0.25) is 0 Å². The van der Waals surface area contributed by atoms with Gasteiger partial charge >= 0.3 is 0 Å². The summed E-state index contributed by atoms with van der Waals surface area (Å²) in [5.74, 6) is 1.03. The molecule has 0 aromatic heterocycles. The van der Waals surface area contributed by atoms with E-state index < -0.39 is 0 Å². The molecule has 0 atom stereocenters. The Labute approximate surface area is 109 Å². The third kappa shape index (κ3) is 2.55. The normalized spacial score (nSPS) is 11.0. The lowest BCUT2D eigenvalue weighted by Crippen LogP contribution is -2.02. The van der Waals surface area contributed by atoms with Gasteiger partial charge in [-0.05, 0) is 25.7 Å². The van der Waals surface area contributed by atoms with Gasteiger partial charge in [0.05, 0.1) is 7.11 Å². The standard InChI is InChI=1S/C15H24O3/c1-6-7-8-11-14(17)12(9(2)3)10(4)13(16)15(11)18-5/h9,16-17H,6-8H2,1-5H3. The van der Waals surface area contributed by atoms with Crippen LogP contribution < -0.4 is 4.74 Å². The maximum atomic E-state index is 10.4. The average molecular weight is 252 g/mol. The highest BCUT2D eigenvalue weighted by Crippen LogP contribution is 2.45. The van der Waals surface area contributed by atoms with E-state index in [0.29, 0.717) is 11.3 Å². The van der Waals surface area contributed by atoms with Crippen LogP contribution in [0.4, 0.5) is 0 Å². The minimum Gasteiger partial charge on any atom is -0.507 e. The zero-order valence-corrected chi connectivity index (χ0v) is 12.0. The van der Waals surface area contributed by atoms with Crippen LogP contribution in [0.5, 0.6) is 17.2 Å². The fraction of sp³-hybridized carbons (Fsp3) is 0.600. The molecule has 18 heavy (non-hydrogen) atoms. The molecular weight excluding hydrogens is 228 g/mol. The minimum atomic E-state index is 0.158. The lowest BCUT2D eigenvalue weighted by Gasteiger charge is -2.20. The van der Waals surface area contributed by atoms with Crippen LogP contribution in [-0.2, 0) is 6.42 Å². The molecule has 2 N–H and O–H groups in total. The van der Waals surface area contributed by atoms with Crippen molar-refractivity contribution in [3.05, 3.63) is 16.7 Å². The van der Waals surface area contributed by atoms with Crippen molar-refractivity contribution >= 4 is 0 Å². The Morgan fingerprint density at radius 1 is 1.17 bits per heavy atom. The van der Waals surface area contributed by atoms with Crippen molar-refractivity contribution in [1.29, 1.82) is 0 Å². The van der Waals surface area contributed by atoms with Gasteiger partial charge in [-0.2, -0.15) is 0 Å². The van der Waals surface area contributed by atoms with Gasteiger partial charge in [0.1, 0.15) is 5.75 Å². The van der Waals surface area contributed by atoms with E-state index in [1.807, 2.05) is 20.8 Å². The van der Waals surface area contributed by atoms with Gasteiger partial charge < -0.3 is 14.9 Å². The SMILES string of the molecule is CCCCc1c(O)c(C(C)C)c(C)c(O)c1OC. The lowest BCUT2D eigenvalue weighted by atomic mass is 9.91. The van der Waals surface area contributed by atoms with E-state index >= 15 is 0 Å². The first-order valence-corrected chi connectivity index (χ1v) is 6.56. The number of methoxy groups -OCH3 is 1. The Kier molecular flexibility index (Phi) is 4.88. The van der Waals surface area contributed by atoms with E-state index in [9.17, 15) is 10.2 Å². The van der Waals surface area contributed by atoms with Crippen LogP contribution in [0, 0.1) is 6.92 Å². The number of rotatable bonds is 5. The Balaban J connectivity index is 3.46. The van der Waals surface area contributed by atoms with E-state index in [0.717, 1.165) is 30.4 Å². The van der Waals surface area contributed by atoms with Crippen LogP contribution in [0.25, 0.3) is 0 Å². The molecule has 0 radical (unpaired) electrons. The van der Waals surface area contributed by atoms with Crippen molar-refractivity contribution < 1.29 is 14.9 Å². The first-order valence-electron chi connectivity index (χ1n) is 6.56. The number of phenolic OH excluding ortho intramolecular Hbond substituents is 2. The van der Waals surface area contributed by atoms with Crippen molar-refractivity contribution in [2.75, 3.05) is 7.11 Å². The largest absolute Gasteiger partial charge is 0.507 e. The Hall–Kier alpha value is -1.38. The number of ether oxygens (including phenoxy) is 1. The summed E-state index contributed by atoms with van der Waals surface area (Å²) in [6.07, 6.45) is 2.72. The zero-order valence-electron chi connectivity index (χ0n) is 12.0. The van der Waals surface area contributed by atoms with Crippen molar-refractivity contribution in [1.82, 2.24) is 0 Å². The van der Waals surface area contributed by atoms with Crippen LogP contribution in [0.2, 0.25) is 0 Å². The number of hydrogen-bond donors (Lipinski definition) is 2. The minimum absolute atomic E-state index is 0.158. The summed E-state index contributed by atoms with van der Waals surface area (Å²) in [7, 11) is 1.53.